The van der Waals surface area contributed by atoms with E-state index in [1.807, 2.05) is 47.9 Å². The minimum Gasteiger partial charge on any atom is -0.424 e. The molecule has 0 saturated heterocycles. The second-order valence-corrected chi connectivity index (χ2v) is 5.85. The summed E-state index contributed by atoms with van der Waals surface area (Å²) in [6.45, 7) is 2.01. The molecule has 6 nitrogen and oxygen atoms in total. The van der Waals surface area contributed by atoms with Gasteiger partial charge in [0, 0.05) is 6.20 Å². The number of nitrogens with two attached hydrogens (primary N) is 1. The molecule has 0 amide bonds. The molecule has 4 rings (SSSR count). The molecule has 0 aliphatic heterocycles. The molecule has 0 unspecified atom stereocenters. The Hall–Kier alpha value is -3.15. The first-order valence-electron chi connectivity index (χ1n) is 7.72. The number of aromatic nitrogens is 3. The van der Waals surface area contributed by atoms with Crippen molar-refractivity contribution in [1.29, 1.82) is 0 Å². The zero-order valence-electron chi connectivity index (χ0n) is 13.2. The minimum atomic E-state index is 0.168. The van der Waals surface area contributed by atoms with E-state index < -0.39 is 0 Å². The largest absolute Gasteiger partial charge is 0.424 e. The molecule has 1 aromatic carbocycles. The van der Waals surface area contributed by atoms with Gasteiger partial charge in [-0.25, -0.2) is 4.98 Å². The Labute approximate surface area is 137 Å². The van der Waals surface area contributed by atoms with Crippen LogP contribution in [0.5, 0.6) is 0 Å². The lowest BCUT2D eigenvalue weighted by atomic mass is 10.1. The van der Waals surface area contributed by atoms with E-state index in [4.69, 9.17) is 10.2 Å². The number of aldehydes is 1. The van der Waals surface area contributed by atoms with E-state index in [0.717, 1.165) is 40.7 Å². The van der Waals surface area contributed by atoms with Crippen molar-refractivity contribution in [2.45, 2.75) is 19.8 Å². The number of anilines is 1. The highest BCUT2D eigenvalue weighted by Crippen LogP contribution is 2.20. The van der Waals surface area contributed by atoms with Crippen LogP contribution in [0.25, 0.3) is 16.7 Å². The van der Waals surface area contributed by atoms with Crippen molar-refractivity contribution in [2.75, 3.05) is 5.73 Å². The Morgan fingerprint density at radius 2 is 2.08 bits per heavy atom. The van der Waals surface area contributed by atoms with Gasteiger partial charge in [0.1, 0.15) is 16.9 Å². The number of carbonyl (C=O) groups excluding carboxylic acids is 1. The van der Waals surface area contributed by atoms with Crippen LogP contribution in [0.4, 0.5) is 6.01 Å². The summed E-state index contributed by atoms with van der Waals surface area (Å²) in [7, 11) is 0. The van der Waals surface area contributed by atoms with Gasteiger partial charge in [-0.3, -0.25) is 9.20 Å². The number of hydrogen-bond donors (Lipinski definition) is 1. The smallest absolute Gasteiger partial charge is 0.292 e. The van der Waals surface area contributed by atoms with Crippen molar-refractivity contribution in [3.05, 3.63) is 59.0 Å². The summed E-state index contributed by atoms with van der Waals surface area (Å²) < 4.78 is 7.19. The molecule has 3 aromatic heterocycles. The average Bonchev–Trinajstić information content (AvgIpc) is 3.10. The van der Waals surface area contributed by atoms with E-state index in [1.165, 1.54) is 0 Å². The first-order chi connectivity index (χ1) is 11.6. The number of benzene rings is 1. The third kappa shape index (κ3) is 2.42. The highest BCUT2D eigenvalue weighted by atomic mass is 16.4. The van der Waals surface area contributed by atoms with Crippen molar-refractivity contribution in [2.24, 2.45) is 0 Å². The van der Waals surface area contributed by atoms with Crippen molar-refractivity contribution in [3.63, 3.8) is 0 Å². The number of nitrogens with zero attached hydrogens (tertiary/aromatic N) is 3. The van der Waals surface area contributed by atoms with Crippen LogP contribution in [-0.4, -0.2) is 20.7 Å². The maximum Gasteiger partial charge on any atom is 0.292 e. The Bertz CT molecular complexity index is 1060. The van der Waals surface area contributed by atoms with E-state index in [0.29, 0.717) is 17.7 Å². The first-order valence-corrected chi connectivity index (χ1v) is 7.72. The van der Waals surface area contributed by atoms with Crippen LogP contribution in [0, 0.1) is 6.92 Å². The molecule has 0 radical (unpaired) electrons. The lowest BCUT2D eigenvalue weighted by molar-refractivity contribution is 0.111. The van der Waals surface area contributed by atoms with Gasteiger partial charge in [0.25, 0.3) is 6.01 Å². The van der Waals surface area contributed by atoms with Crippen molar-refractivity contribution < 1.29 is 9.21 Å². The molecule has 3 heterocycles. The van der Waals surface area contributed by atoms with E-state index in [2.05, 4.69) is 9.97 Å². The molecule has 24 heavy (non-hydrogen) atoms. The zero-order valence-corrected chi connectivity index (χ0v) is 13.2. The Morgan fingerprint density at radius 3 is 2.92 bits per heavy atom. The number of pyridine rings is 1. The van der Waals surface area contributed by atoms with Gasteiger partial charge in [-0.15, -0.1) is 0 Å². The van der Waals surface area contributed by atoms with Crippen LogP contribution in [0.2, 0.25) is 0 Å². The molecule has 0 bridgehead atoms. The number of nitrogen functional groups attached to an aromatic ring is 1. The Morgan fingerprint density at radius 1 is 1.21 bits per heavy atom. The number of carbonyl (C=O) groups is 1. The Balaban J connectivity index is 1.64. The van der Waals surface area contributed by atoms with Crippen molar-refractivity contribution in [1.82, 2.24) is 14.4 Å². The molecule has 6 heteroatoms. The molecule has 0 aliphatic carbocycles. The molecule has 2 N–H and O–H groups in total. The standard InChI is InChI=1S/C18H16N4O2/c1-11-6-7-22-15(10-23)13(20-17(22)8-11)4-2-12-3-5-14-16(9-12)24-18(19)21-14/h3,5-10H,2,4H2,1H3,(H2,19,21). The summed E-state index contributed by atoms with van der Waals surface area (Å²) in [5, 5.41) is 0. The predicted octanol–water partition coefficient (Wildman–Crippen LogP) is 2.96. The number of rotatable bonds is 4. The third-order valence-electron chi connectivity index (χ3n) is 4.13. The lowest BCUT2D eigenvalue weighted by Crippen LogP contribution is -1.97. The van der Waals surface area contributed by atoms with Gasteiger partial charge in [-0.1, -0.05) is 6.07 Å². The monoisotopic (exact) mass is 320 g/mol. The number of fused-ring (bicyclic) bond motifs is 2. The van der Waals surface area contributed by atoms with E-state index in [9.17, 15) is 4.79 Å². The number of oxazole rings is 1. The van der Waals surface area contributed by atoms with Gasteiger partial charge < -0.3 is 10.2 Å². The maximum absolute atomic E-state index is 11.5. The molecular formula is C18H16N4O2. The summed E-state index contributed by atoms with van der Waals surface area (Å²) in [6.07, 6.45) is 4.17. The van der Waals surface area contributed by atoms with Crippen LogP contribution in [0.3, 0.4) is 0 Å². The molecule has 0 fully saturated rings. The maximum atomic E-state index is 11.5. The quantitative estimate of drug-likeness (QED) is 0.584. The fourth-order valence-electron chi connectivity index (χ4n) is 2.93. The summed E-state index contributed by atoms with van der Waals surface area (Å²) in [5.74, 6) is 0. The summed E-state index contributed by atoms with van der Waals surface area (Å²) in [4.78, 5) is 20.2. The molecule has 0 spiro atoms. The van der Waals surface area contributed by atoms with Gasteiger partial charge in [0.15, 0.2) is 11.9 Å². The fourth-order valence-corrected chi connectivity index (χ4v) is 2.93. The normalized spacial score (nSPS) is 11.4. The predicted molar refractivity (Wildman–Crippen MR) is 91.1 cm³/mol. The zero-order chi connectivity index (χ0) is 16.7. The van der Waals surface area contributed by atoms with E-state index in [-0.39, 0.29) is 6.01 Å². The fraction of sp³-hybridized carbons (Fsp3) is 0.167. The number of hydrogen-bond acceptors (Lipinski definition) is 5. The first kappa shape index (κ1) is 14.4. The highest BCUT2D eigenvalue weighted by Gasteiger charge is 2.12. The molecule has 0 aliphatic rings. The van der Waals surface area contributed by atoms with E-state index >= 15 is 0 Å². The topological polar surface area (TPSA) is 86.4 Å². The molecule has 0 atom stereocenters. The number of aryl methyl sites for hydroxylation is 3. The van der Waals surface area contributed by atoms with Gasteiger partial charge in [0.05, 0.1) is 5.69 Å². The van der Waals surface area contributed by atoms with Gasteiger partial charge in [-0.05, 0) is 55.2 Å². The Kier molecular flexibility index (Phi) is 3.30. The van der Waals surface area contributed by atoms with Gasteiger partial charge >= 0.3 is 0 Å². The van der Waals surface area contributed by atoms with Crippen molar-refractivity contribution >= 4 is 29.0 Å². The lowest BCUT2D eigenvalue weighted by Gasteiger charge is -2.00. The van der Waals surface area contributed by atoms with Crippen LogP contribution >= 0.6 is 0 Å². The molecular weight excluding hydrogens is 304 g/mol. The third-order valence-corrected chi connectivity index (χ3v) is 4.13. The van der Waals surface area contributed by atoms with Gasteiger partial charge in [-0.2, -0.15) is 4.98 Å². The average molecular weight is 320 g/mol. The summed E-state index contributed by atoms with van der Waals surface area (Å²) in [5.41, 5.74) is 11.4. The number of imidazole rings is 1. The van der Waals surface area contributed by atoms with Crippen LogP contribution in [0.15, 0.2) is 40.9 Å². The van der Waals surface area contributed by atoms with Crippen LogP contribution in [-0.2, 0) is 12.8 Å². The van der Waals surface area contributed by atoms with Crippen molar-refractivity contribution in [3.8, 4) is 0 Å². The van der Waals surface area contributed by atoms with Crippen LogP contribution < -0.4 is 5.73 Å². The highest BCUT2D eigenvalue weighted by molar-refractivity contribution is 5.77. The molecule has 4 aromatic rings. The second-order valence-electron chi connectivity index (χ2n) is 5.85. The minimum absolute atomic E-state index is 0.168. The van der Waals surface area contributed by atoms with Crippen LogP contribution in [0.1, 0.15) is 27.3 Å². The molecule has 0 saturated carbocycles. The summed E-state index contributed by atoms with van der Waals surface area (Å²) >= 11 is 0. The van der Waals surface area contributed by atoms with Gasteiger partial charge in [0.2, 0.25) is 0 Å². The molecule has 120 valence electrons. The van der Waals surface area contributed by atoms with E-state index in [1.54, 1.807) is 0 Å². The SMILES string of the molecule is Cc1ccn2c(C=O)c(CCc3ccc4nc(N)oc4c3)nc2c1. The second kappa shape index (κ2) is 5.49. The summed E-state index contributed by atoms with van der Waals surface area (Å²) in [6, 6.07) is 9.91.